The lowest BCUT2D eigenvalue weighted by Gasteiger charge is -2.11. The molecule has 0 aliphatic heterocycles. The van der Waals surface area contributed by atoms with Crippen molar-refractivity contribution < 1.29 is 14.3 Å². The Balaban J connectivity index is 1.60. The Kier molecular flexibility index (Phi) is 7.24. The number of rotatable bonds is 8. The average Bonchev–Trinajstić information content (AvgIpc) is 2.77. The molecule has 0 radical (unpaired) electrons. The van der Waals surface area contributed by atoms with E-state index in [1.165, 1.54) is 10.7 Å². The van der Waals surface area contributed by atoms with Gasteiger partial charge in [0.25, 0.3) is 5.56 Å². The van der Waals surface area contributed by atoms with Crippen molar-refractivity contribution in [1.29, 1.82) is 0 Å². The van der Waals surface area contributed by atoms with Crippen LogP contribution in [0.3, 0.4) is 0 Å². The highest BCUT2D eigenvalue weighted by molar-refractivity contribution is 9.10. The number of nitrogens with zero attached hydrogens (tertiary/aromatic N) is 2. The van der Waals surface area contributed by atoms with Gasteiger partial charge in [-0.2, -0.15) is 5.10 Å². The van der Waals surface area contributed by atoms with E-state index in [2.05, 4.69) is 26.3 Å². The van der Waals surface area contributed by atoms with Gasteiger partial charge in [-0.1, -0.05) is 34.1 Å². The van der Waals surface area contributed by atoms with Crippen LogP contribution in [0.2, 0.25) is 0 Å². The maximum Gasteiger partial charge on any atom is 0.266 e. The van der Waals surface area contributed by atoms with Crippen LogP contribution in [0.4, 0.5) is 0 Å². The molecule has 0 fully saturated rings. The van der Waals surface area contributed by atoms with Crippen molar-refractivity contribution in [1.82, 2.24) is 15.1 Å². The van der Waals surface area contributed by atoms with Crippen molar-refractivity contribution in [2.24, 2.45) is 0 Å². The summed E-state index contributed by atoms with van der Waals surface area (Å²) in [6.07, 6.45) is 0.143. The molecule has 1 N–H and O–H groups in total. The van der Waals surface area contributed by atoms with Gasteiger partial charge in [0.05, 0.1) is 26.5 Å². The van der Waals surface area contributed by atoms with Crippen molar-refractivity contribution in [2.45, 2.75) is 19.5 Å². The first-order valence-electron chi connectivity index (χ1n) is 9.32. The zero-order chi connectivity index (χ0) is 21.5. The van der Waals surface area contributed by atoms with Gasteiger partial charge in [0.15, 0.2) is 11.5 Å². The minimum absolute atomic E-state index is 0.143. The normalized spacial score (nSPS) is 10.5. The molecule has 1 heterocycles. The van der Waals surface area contributed by atoms with E-state index < -0.39 is 0 Å². The van der Waals surface area contributed by atoms with Gasteiger partial charge in [0, 0.05) is 29.1 Å². The summed E-state index contributed by atoms with van der Waals surface area (Å²) >= 11 is 3.40. The summed E-state index contributed by atoms with van der Waals surface area (Å²) in [5.74, 6) is 1.06. The average molecular weight is 472 g/mol. The lowest BCUT2D eigenvalue weighted by atomic mass is 10.1. The Morgan fingerprint density at radius 2 is 1.77 bits per heavy atom. The van der Waals surface area contributed by atoms with Gasteiger partial charge in [-0.25, -0.2) is 4.68 Å². The predicted octanol–water partition coefficient (Wildman–Crippen LogP) is 3.40. The summed E-state index contributed by atoms with van der Waals surface area (Å²) in [6.45, 7) is 0.543. The molecule has 3 aromatic rings. The molecule has 0 unspecified atom stereocenters. The minimum atomic E-state index is -0.247. The van der Waals surface area contributed by atoms with E-state index in [1.807, 2.05) is 36.4 Å². The molecule has 0 saturated heterocycles. The standard InChI is InChI=1S/C22H22BrN3O4/c1-29-19-9-3-15(13-20(19)30-2)14-24-21(27)11-12-26-22(28)10-8-18(25-26)16-4-6-17(23)7-5-16/h3-10,13H,11-12,14H2,1-2H3,(H,24,27). The van der Waals surface area contributed by atoms with Gasteiger partial charge in [-0.05, 0) is 35.9 Å². The van der Waals surface area contributed by atoms with Crippen molar-refractivity contribution in [3.05, 3.63) is 75.0 Å². The number of amides is 1. The number of ether oxygens (including phenoxy) is 2. The second-order valence-corrected chi connectivity index (χ2v) is 7.42. The van der Waals surface area contributed by atoms with Crippen molar-refractivity contribution in [3.63, 3.8) is 0 Å². The number of halogens is 1. The molecule has 1 amide bonds. The van der Waals surface area contributed by atoms with Crippen LogP contribution in [0.1, 0.15) is 12.0 Å². The molecule has 0 spiro atoms. The molecular weight excluding hydrogens is 450 g/mol. The fourth-order valence-electron chi connectivity index (χ4n) is 2.87. The monoisotopic (exact) mass is 471 g/mol. The Bertz CT molecular complexity index is 1080. The number of hydrogen-bond acceptors (Lipinski definition) is 5. The van der Waals surface area contributed by atoms with Gasteiger partial charge in [-0.3, -0.25) is 9.59 Å². The van der Waals surface area contributed by atoms with Crippen LogP contribution in [0.5, 0.6) is 11.5 Å². The third-order valence-electron chi connectivity index (χ3n) is 4.49. The van der Waals surface area contributed by atoms with Crippen LogP contribution in [-0.2, 0) is 17.9 Å². The summed E-state index contributed by atoms with van der Waals surface area (Å²) in [4.78, 5) is 24.4. The van der Waals surface area contributed by atoms with Gasteiger partial charge in [0.2, 0.25) is 5.91 Å². The maximum absolute atomic E-state index is 12.3. The first kappa shape index (κ1) is 21.6. The number of benzene rings is 2. The van der Waals surface area contributed by atoms with E-state index >= 15 is 0 Å². The number of methoxy groups -OCH3 is 2. The first-order valence-corrected chi connectivity index (χ1v) is 10.1. The molecule has 30 heavy (non-hydrogen) atoms. The van der Waals surface area contributed by atoms with E-state index in [1.54, 1.807) is 26.4 Å². The van der Waals surface area contributed by atoms with E-state index in [9.17, 15) is 9.59 Å². The highest BCUT2D eigenvalue weighted by atomic mass is 79.9. The number of aryl methyl sites for hydroxylation is 1. The highest BCUT2D eigenvalue weighted by Gasteiger charge is 2.08. The molecule has 3 rings (SSSR count). The summed E-state index contributed by atoms with van der Waals surface area (Å²) < 4.78 is 12.8. The second kappa shape index (κ2) is 10.1. The minimum Gasteiger partial charge on any atom is -0.493 e. The van der Waals surface area contributed by atoms with Crippen LogP contribution in [0.15, 0.2) is 63.9 Å². The molecular formula is C22H22BrN3O4. The highest BCUT2D eigenvalue weighted by Crippen LogP contribution is 2.27. The van der Waals surface area contributed by atoms with Crippen LogP contribution < -0.4 is 20.3 Å². The topological polar surface area (TPSA) is 82.5 Å². The number of nitrogens with one attached hydrogen (secondary N) is 1. The molecule has 0 bridgehead atoms. The molecule has 156 valence electrons. The Morgan fingerprint density at radius 3 is 2.47 bits per heavy atom. The predicted molar refractivity (Wildman–Crippen MR) is 118 cm³/mol. The molecule has 8 heteroatoms. The zero-order valence-electron chi connectivity index (χ0n) is 16.7. The van der Waals surface area contributed by atoms with E-state index in [4.69, 9.17) is 9.47 Å². The molecule has 2 aromatic carbocycles. The van der Waals surface area contributed by atoms with Gasteiger partial charge < -0.3 is 14.8 Å². The first-order chi connectivity index (χ1) is 14.5. The van der Waals surface area contributed by atoms with Crippen LogP contribution in [-0.4, -0.2) is 29.9 Å². The number of carbonyl (C=O) groups is 1. The van der Waals surface area contributed by atoms with Crippen LogP contribution in [0, 0.1) is 0 Å². The fourth-order valence-corrected chi connectivity index (χ4v) is 3.14. The summed E-state index contributed by atoms with van der Waals surface area (Å²) in [5.41, 5.74) is 2.20. The Labute approximate surface area is 182 Å². The Hall–Kier alpha value is -3.13. The summed E-state index contributed by atoms with van der Waals surface area (Å²) in [7, 11) is 3.13. The molecule has 0 saturated carbocycles. The third kappa shape index (κ3) is 5.48. The lowest BCUT2D eigenvalue weighted by Crippen LogP contribution is -2.28. The van der Waals surface area contributed by atoms with Crippen LogP contribution in [0.25, 0.3) is 11.3 Å². The number of aromatic nitrogens is 2. The third-order valence-corrected chi connectivity index (χ3v) is 5.02. The molecule has 0 aliphatic rings. The molecule has 7 nitrogen and oxygen atoms in total. The molecule has 0 aliphatic carbocycles. The van der Waals surface area contributed by atoms with Gasteiger partial charge in [-0.15, -0.1) is 0 Å². The van der Waals surface area contributed by atoms with E-state index in [-0.39, 0.29) is 24.4 Å². The lowest BCUT2D eigenvalue weighted by molar-refractivity contribution is -0.121. The molecule has 1 aromatic heterocycles. The van der Waals surface area contributed by atoms with Crippen molar-refractivity contribution in [2.75, 3.05) is 14.2 Å². The van der Waals surface area contributed by atoms with Crippen molar-refractivity contribution >= 4 is 21.8 Å². The van der Waals surface area contributed by atoms with E-state index in [0.717, 1.165) is 15.6 Å². The smallest absolute Gasteiger partial charge is 0.266 e. The second-order valence-electron chi connectivity index (χ2n) is 6.50. The van der Waals surface area contributed by atoms with Crippen molar-refractivity contribution in [3.8, 4) is 22.8 Å². The van der Waals surface area contributed by atoms with Gasteiger partial charge in [0.1, 0.15) is 0 Å². The number of carbonyl (C=O) groups excluding carboxylic acids is 1. The largest absolute Gasteiger partial charge is 0.493 e. The maximum atomic E-state index is 12.3. The van der Waals surface area contributed by atoms with Crippen LogP contribution >= 0.6 is 15.9 Å². The summed E-state index contributed by atoms with van der Waals surface area (Å²) in [5, 5.41) is 7.23. The zero-order valence-corrected chi connectivity index (χ0v) is 18.3. The summed E-state index contributed by atoms with van der Waals surface area (Å²) in [6, 6.07) is 16.3. The van der Waals surface area contributed by atoms with Gasteiger partial charge >= 0.3 is 0 Å². The molecule has 0 atom stereocenters. The number of hydrogen-bond donors (Lipinski definition) is 1. The quantitative estimate of drug-likeness (QED) is 0.544. The van der Waals surface area contributed by atoms with E-state index in [0.29, 0.717) is 23.7 Å². The fraction of sp³-hybridized carbons (Fsp3) is 0.227. The Morgan fingerprint density at radius 1 is 1.03 bits per heavy atom. The SMILES string of the molecule is COc1ccc(CNC(=O)CCn2nc(-c3ccc(Br)cc3)ccc2=O)cc1OC.